The van der Waals surface area contributed by atoms with Crippen molar-refractivity contribution in [1.82, 2.24) is 20.3 Å². The maximum atomic E-state index is 12.3. The maximum Gasteiger partial charge on any atom is 0.242 e. The van der Waals surface area contributed by atoms with Crippen LogP contribution >= 0.6 is 0 Å². The molecule has 1 unspecified atom stereocenters. The smallest absolute Gasteiger partial charge is 0.242 e. The van der Waals surface area contributed by atoms with Gasteiger partial charge in [-0.1, -0.05) is 5.92 Å². The van der Waals surface area contributed by atoms with Gasteiger partial charge >= 0.3 is 0 Å². The maximum absolute atomic E-state index is 12.3. The number of hydrogen-bond donors (Lipinski definition) is 3. The zero-order valence-electron chi connectivity index (χ0n) is 18.0. The second-order valence-corrected chi connectivity index (χ2v) is 7.31. The third kappa shape index (κ3) is 5.02. The van der Waals surface area contributed by atoms with Gasteiger partial charge < -0.3 is 20.7 Å². The molecule has 2 aromatic heterocycles. The second-order valence-electron chi connectivity index (χ2n) is 7.31. The molecule has 0 bridgehead atoms. The van der Waals surface area contributed by atoms with Crippen LogP contribution in [-0.2, 0) is 4.79 Å². The first-order chi connectivity index (χ1) is 15.6. The first-order valence-electron chi connectivity index (χ1n) is 10.4. The molecular weight excluding hydrogens is 404 g/mol. The first-order valence-corrected chi connectivity index (χ1v) is 10.4. The lowest BCUT2D eigenvalue weighted by Gasteiger charge is -2.12. The Labute approximate surface area is 186 Å². The number of carbonyl (C=O) groups is 1. The minimum absolute atomic E-state index is 0.176. The Hall–Kier alpha value is -3.96. The zero-order chi connectivity index (χ0) is 22.3. The molecule has 0 saturated carbocycles. The Morgan fingerprint density at radius 1 is 1.19 bits per heavy atom. The molecule has 3 N–H and O–H groups in total. The lowest BCUT2D eigenvalue weighted by atomic mass is 10.1. The summed E-state index contributed by atoms with van der Waals surface area (Å²) in [6.45, 7) is 3.33. The molecule has 8 heteroatoms. The van der Waals surface area contributed by atoms with Gasteiger partial charge in [0.15, 0.2) is 0 Å². The highest BCUT2D eigenvalue weighted by Gasteiger charge is 2.13. The van der Waals surface area contributed by atoms with E-state index in [1.165, 1.54) is 6.33 Å². The van der Waals surface area contributed by atoms with Gasteiger partial charge in [-0.15, -0.1) is 0 Å². The summed E-state index contributed by atoms with van der Waals surface area (Å²) in [6.07, 6.45) is 5.84. The van der Waals surface area contributed by atoms with Crippen molar-refractivity contribution in [2.75, 3.05) is 30.8 Å². The van der Waals surface area contributed by atoms with Crippen LogP contribution in [0.1, 0.15) is 24.6 Å². The van der Waals surface area contributed by atoms with Gasteiger partial charge in [-0.2, -0.15) is 0 Å². The van der Waals surface area contributed by atoms with Crippen LogP contribution in [0.2, 0.25) is 0 Å². The minimum atomic E-state index is -0.346. The van der Waals surface area contributed by atoms with Gasteiger partial charge in [-0.3, -0.25) is 4.79 Å². The van der Waals surface area contributed by atoms with Crippen LogP contribution < -0.4 is 20.7 Å². The predicted octanol–water partition coefficient (Wildman–Crippen LogP) is 2.68. The lowest BCUT2D eigenvalue weighted by molar-refractivity contribution is -0.117. The number of nitrogens with one attached hydrogen (secondary N) is 3. The van der Waals surface area contributed by atoms with Crippen molar-refractivity contribution < 1.29 is 9.53 Å². The van der Waals surface area contributed by atoms with E-state index >= 15 is 0 Å². The molecule has 1 amide bonds. The monoisotopic (exact) mass is 428 g/mol. The van der Waals surface area contributed by atoms with Gasteiger partial charge in [0, 0.05) is 35.6 Å². The second kappa shape index (κ2) is 9.90. The number of fused-ring (bicyclic) bond motifs is 1. The molecule has 1 aliphatic rings. The van der Waals surface area contributed by atoms with Crippen LogP contribution in [0.4, 0.5) is 11.5 Å². The Bertz CT molecular complexity index is 1170. The molecule has 3 aromatic rings. The highest BCUT2D eigenvalue weighted by molar-refractivity contribution is 5.94. The minimum Gasteiger partial charge on any atom is -0.491 e. The normalized spacial score (nSPS) is 13.3. The van der Waals surface area contributed by atoms with Gasteiger partial charge in [-0.25, -0.2) is 15.0 Å². The highest BCUT2D eigenvalue weighted by atomic mass is 16.5. The predicted molar refractivity (Wildman–Crippen MR) is 123 cm³/mol. The zero-order valence-corrected chi connectivity index (χ0v) is 18.0. The molecule has 1 aliphatic heterocycles. The molecule has 0 spiro atoms. The number of carbonyl (C=O) groups excluding carboxylic acids is 1. The number of aromatic nitrogens is 3. The molecule has 0 aliphatic carbocycles. The molecule has 4 rings (SSSR count). The quantitative estimate of drug-likeness (QED) is 0.549. The van der Waals surface area contributed by atoms with Gasteiger partial charge in [0.2, 0.25) is 5.91 Å². The van der Waals surface area contributed by atoms with E-state index < -0.39 is 0 Å². The third-order valence-corrected chi connectivity index (χ3v) is 5.05. The van der Waals surface area contributed by atoms with Gasteiger partial charge in [0.1, 0.15) is 23.6 Å². The van der Waals surface area contributed by atoms with E-state index in [2.05, 4.69) is 42.7 Å². The van der Waals surface area contributed by atoms with Crippen LogP contribution in [0.15, 0.2) is 49.1 Å². The van der Waals surface area contributed by atoms with Crippen molar-refractivity contribution in [3.05, 3.63) is 60.3 Å². The molecule has 0 fully saturated rings. The molecule has 3 heterocycles. The van der Waals surface area contributed by atoms with Crippen LogP contribution in [0.25, 0.3) is 11.1 Å². The average molecular weight is 428 g/mol. The number of anilines is 2. The average Bonchev–Trinajstić information content (AvgIpc) is 3.08. The number of benzene rings is 1. The van der Waals surface area contributed by atoms with Crippen molar-refractivity contribution >= 4 is 17.4 Å². The Morgan fingerprint density at radius 2 is 2.03 bits per heavy atom. The summed E-state index contributed by atoms with van der Waals surface area (Å²) in [6, 6.07) is 9.10. The van der Waals surface area contributed by atoms with Crippen molar-refractivity contribution in [1.29, 1.82) is 0 Å². The van der Waals surface area contributed by atoms with E-state index in [1.807, 2.05) is 24.3 Å². The number of hydrogen-bond acceptors (Lipinski definition) is 7. The Kier molecular flexibility index (Phi) is 6.58. The Balaban J connectivity index is 1.69. The van der Waals surface area contributed by atoms with Gasteiger partial charge in [-0.05, 0) is 56.6 Å². The number of amides is 1. The standard InChI is InChI=1S/C24H24N6O2/c1-16(25-2)24(31)30-23-9-6-19(18-13-26-15-27-14-18)20(29-23)7-4-17-5-8-21-22(12-17)32-11-3-10-28-21/h5-6,8-9,12-16,25,28H,3,10-11H2,1-2H3,(H,29,30,31). The summed E-state index contributed by atoms with van der Waals surface area (Å²) in [7, 11) is 1.73. The van der Waals surface area contributed by atoms with Gasteiger partial charge in [0.05, 0.1) is 18.3 Å². The fourth-order valence-electron chi connectivity index (χ4n) is 3.14. The van der Waals surface area contributed by atoms with E-state index in [-0.39, 0.29) is 11.9 Å². The molecular formula is C24H24N6O2. The fraction of sp³-hybridized carbons (Fsp3) is 0.250. The van der Waals surface area contributed by atoms with E-state index in [4.69, 9.17) is 4.74 Å². The number of likely N-dealkylation sites (N-methyl/N-ethyl adjacent to an activating group) is 1. The van der Waals surface area contributed by atoms with Crippen LogP contribution in [0.5, 0.6) is 5.75 Å². The number of rotatable bonds is 4. The number of nitrogens with zero attached hydrogens (tertiary/aromatic N) is 3. The summed E-state index contributed by atoms with van der Waals surface area (Å²) in [5, 5.41) is 9.08. The lowest BCUT2D eigenvalue weighted by Crippen LogP contribution is -2.35. The van der Waals surface area contributed by atoms with Crippen molar-refractivity contribution in [3.8, 4) is 28.7 Å². The van der Waals surface area contributed by atoms with Crippen molar-refractivity contribution in [2.45, 2.75) is 19.4 Å². The fourth-order valence-corrected chi connectivity index (χ4v) is 3.14. The number of ether oxygens (including phenoxy) is 1. The van der Waals surface area contributed by atoms with Gasteiger partial charge in [0.25, 0.3) is 0 Å². The van der Waals surface area contributed by atoms with Crippen molar-refractivity contribution in [2.24, 2.45) is 0 Å². The molecule has 8 nitrogen and oxygen atoms in total. The van der Waals surface area contributed by atoms with E-state index in [9.17, 15) is 4.79 Å². The molecule has 1 atom stereocenters. The van der Waals surface area contributed by atoms with Crippen molar-refractivity contribution in [3.63, 3.8) is 0 Å². The molecule has 0 saturated heterocycles. The summed E-state index contributed by atoms with van der Waals surface area (Å²) < 4.78 is 5.81. The largest absolute Gasteiger partial charge is 0.491 e. The molecule has 1 aromatic carbocycles. The van der Waals surface area contributed by atoms with Crippen LogP contribution in [0, 0.1) is 11.8 Å². The SMILES string of the molecule is CNC(C)C(=O)Nc1ccc(-c2cncnc2)c(C#Cc2ccc3c(c2)OCCCN3)n1. The summed E-state index contributed by atoms with van der Waals surface area (Å²) >= 11 is 0. The highest BCUT2D eigenvalue weighted by Crippen LogP contribution is 2.28. The van der Waals surface area contributed by atoms with Crippen LogP contribution in [-0.4, -0.2) is 47.1 Å². The third-order valence-electron chi connectivity index (χ3n) is 5.05. The van der Waals surface area contributed by atoms with Crippen LogP contribution in [0.3, 0.4) is 0 Å². The molecule has 162 valence electrons. The molecule has 0 radical (unpaired) electrons. The van der Waals surface area contributed by atoms with E-state index in [1.54, 1.807) is 32.4 Å². The summed E-state index contributed by atoms with van der Waals surface area (Å²) in [5.41, 5.74) is 3.87. The van der Waals surface area contributed by atoms with E-state index in [0.717, 1.165) is 41.1 Å². The Morgan fingerprint density at radius 3 is 2.84 bits per heavy atom. The summed E-state index contributed by atoms with van der Waals surface area (Å²) in [5.74, 6) is 7.36. The first kappa shape index (κ1) is 21.3. The molecule has 32 heavy (non-hydrogen) atoms. The topological polar surface area (TPSA) is 101 Å². The number of pyridine rings is 1. The summed E-state index contributed by atoms with van der Waals surface area (Å²) in [4.78, 5) is 25.0. The van der Waals surface area contributed by atoms with E-state index in [0.29, 0.717) is 18.1 Å².